The molecule has 3 atom stereocenters. The summed E-state index contributed by atoms with van der Waals surface area (Å²) in [7, 11) is 0. The number of nitrogens with one attached hydrogen (secondary N) is 1. The standard InChI is InChI=1S/C20H16BrFN2O/c21-13-10-17-15-2-1-3-16(15)19(24-20(17)18(22)11-13)12-4-6-14(7-5-12)25-9-8-23/h1-2,4-7,10-11,15-16,19,24H,3,9H2/t15-,16+,19-/m1/s1. The summed E-state index contributed by atoms with van der Waals surface area (Å²) in [6, 6.07) is 13.2. The quantitative estimate of drug-likeness (QED) is 0.711. The van der Waals surface area contributed by atoms with Crippen LogP contribution in [0.3, 0.4) is 0 Å². The molecule has 2 aromatic carbocycles. The highest BCUT2D eigenvalue weighted by Crippen LogP contribution is 2.51. The van der Waals surface area contributed by atoms with Gasteiger partial charge in [-0.3, -0.25) is 0 Å². The van der Waals surface area contributed by atoms with Gasteiger partial charge in [-0.25, -0.2) is 4.39 Å². The molecular formula is C20H16BrFN2O. The molecule has 5 heteroatoms. The van der Waals surface area contributed by atoms with Crippen LogP contribution in [0.1, 0.15) is 29.5 Å². The molecule has 0 saturated carbocycles. The minimum Gasteiger partial charge on any atom is -0.479 e. The molecule has 0 unspecified atom stereocenters. The van der Waals surface area contributed by atoms with Gasteiger partial charge in [-0.15, -0.1) is 0 Å². The molecule has 0 saturated heterocycles. The van der Waals surface area contributed by atoms with Crippen molar-refractivity contribution in [3.63, 3.8) is 0 Å². The molecule has 2 aromatic rings. The molecular weight excluding hydrogens is 383 g/mol. The van der Waals surface area contributed by atoms with Crippen molar-refractivity contribution < 1.29 is 9.13 Å². The number of benzene rings is 2. The number of anilines is 1. The van der Waals surface area contributed by atoms with Crippen LogP contribution in [-0.2, 0) is 0 Å². The summed E-state index contributed by atoms with van der Waals surface area (Å²) < 4.78 is 20.6. The van der Waals surface area contributed by atoms with Gasteiger partial charge in [-0.1, -0.05) is 40.2 Å². The lowest BCUT2D eigenvalue weighted by atomic mass is 9.77. The van der Waals surface area contributed by atoms with E-state index in [9.17, 15) is 4.39 Å². The smallest absolute Gasteiger partial charge is 0.174 e. The summed E-state index contributed by atoms with van der Waals surface area (Å²) in [4.78, 5) is 0. The lowest BCUT2D eigenvalue weighted by molar-refractivity contribution is 0.367. The zero-order valence-electron chi connectivity index (χ0n) is 13.4. The summed E-state index contributed by atoms with van der Waals surface area (Å²) >= 11 is 3.40. The highest BCUT2D eigenvalue weighted by atomic mass is 79.9. The zero-order chi connectivity index (χ0) is 17.4. The Morgan fingerprint density at radius 1 is 1.28 bits per heavy atom. The fourth-order valence-electron chi connectivity index (χ4n) is 3.84. The number of nitrogens with zero attached hydrogens (tertiary/aromatic N) is 1. The Hall–Kier alpha value is -2.32. The van der Waals surface area contributed by atoms with E-state index in [0.717, 1.165) is 22.0 Å². The largest absolute Gasteiger partial charge is 0.479 e. The maximum Gasteiger partial charge on any atom is 0.174 e. The van der Waals surface area contributed by atoms with E-state index in [4.69, 9.17) is 10.00 Å². The second-order valence-electron chi connectivity index (χ2n) is 6.34. The molecule has 1 aliphatic carbocycles. The van der Waals surface area contributed by atoms with Crippen LogP contribution in [0.5, 0.6) is 5.75 Å². The van der Waals surface area contributed by atoms with E-state index >= 15 is 0 Å². The van der Waals surface area contributed by atoms with Crippen molar-refractivity contribution in [1.82, 2.24) is 0 Å². The zero-order valence-corrected chi connectivity index (χ0v) is 15.0. The van der Waals surface area contributed by atoms with Gasteiger partial charge >= 0.3 is 0 Å². The summed E-state index contributed by atoms with van der Waals surface area (Å²) in [5.41, 5.74) is 2.69. The Morgan fingerprint density at radius 3 is 2.84 bits per heavy atom. The third-order valence-electron chi connectivity index (χ3n) is 4.93. The van der Waals surface area contributed by atoms with Gasteiger partial charge in [-0.05, 0) is 47.7 Å². The number of ether oxygens (including phenoxy) is 1. The second-order valence-corrected chi connectivity index (χ2v) is 7.26. The highest BCUT2D eigenvalue weighted by molar-refractivity contribution is 9.10. The number of nitriles is 1. The molecule has 126 valence electrons. The second kappa shape index (κ2) is 6.53. The average molecular weight is 399 g/mol. The fraction of sp³-hybridized carbons (Fsp3) is 0.250. The van der Waals surface area contributed by atoms with Crippen LogP contribution in [0.25, 0.3) is 0 Å². The van der Waals surface area contributed by atoms with Crippen LogP contribution in [0, 0.1) is 23.1 Å². The SMILES string of the molecule is N#CCOc1ccc([C@H]2Nc3c(F)cc(Br)cc3[C@@H]3C=CC[C@H]23)cc1. The van der Waals surface area contributed by atoms with E-state index in [-0.39, 0.29) is 24.4 Å². The normalized spacial score (nSPS) is 23.3. The molecule has 1 aliphatic heterocycles. The summed E-state index contributed by atoms with van der Waals surface area (Å²) in [6.07, 6.45) is 5.33. The Balaban J connectivity index is 1.68. The van der Waals surface area contributed by atoms with E-state index < -0.39 is 0 Å². The van der Waals surface area contributed by atoms with Crippen LogP contribution in [0.2, 0.25) is 0 Å². The van der Waals surface area contributed by atoms with Crippen molar-refractivity contribution in [3.05, 3.63) is 70.0 Å². The van der Waals surface area contributed by atoms with Crippen LogP contribution < -0.4 is 10.1 Å². The van der Waals surface area contributed by atoms with E-state index in [2.05, 4.69) is 33.4 Å². The minimum absolute atomic E-state index is 0.0309. The Bertz CT molecular complexity index is 873. The number of halogens is 2. The first-order chi connectivity index (χ1) is 12.2. The molecule has 2 aliphatic rings. The molecule has 1 heterocycles. The van der Waals surface area contributed by atoms with E-state index in [0.29, 0.717) is 17.4 Å². The predicted molar refractivity (Wildman–Crippen MR) is 98.0 cm³/mol. The van der Waals surface area contributed by atoms with Crippen molar-refractivity contribution in [2.75, 3.05) is 11.9 Å². The number of fused-ring (bicyclic) bond motifs is 3. The Labute approximate surface area is 154 Å². The van der Waals surface area contributed by atoms with E-state index in [1.807, 2.05) is 36.4 Å². The van der Waals surface area contributed by atoms with Crippen molar-refractivity contribution in [2.24, 2.45) is 5.92 Å². The molecule has 0 radical (unpaired) electrons. The number of allylic oxidation sites excluding steroid dienone is 2. The van der Waals surface area contributed by atoms with Gasteiger partial charge in [0, 0.05) is 10.4 Å². The van der Waals surface area contributed by atoms with Crippen LogP contribution >= 0.6 is 15.9 Å². The Morgan fingerprint density at radius 2 is 2.08 bits per heavy atom. The van der Waals surface area contributed by atoms with Gasteiger partial charge in [0.25, 0.3) is 0 Å². The predicted octanol–water partition coefficient (Wildman–Crippen LogP) is 5.32. The van der Waals surface area contributed by atoms with Crippen LogP contribution in [0.15, 0.2) is 53.0 Å². The summed E-state index contributed by atoms with van der Waals surface area (Å²) in [5.74, 6) is 0.995. The van der Waals surface area contributed by atoms with Crippen LogP contribution in [0.4, 0.5) is 10.1 Å². The first-order valence-corrected chi connectivity index (χ1v) is 8.98. The van der Waals surface area contributed by atoms with E-state index in [1.165, 1.54) is 6.07 Å². The number of rotatable bonds is 3. The third-order valence-corrected chi connectivity index (χ3v) is 5.39. The van der Waals surface area contributed by atoms with Crippen molar-refractivity contribution in [3.8, 4) is 11.8 Å². The lowest BCUT2D eigenvalue weighted by Crippen LogP contribution is -2.29. The van der Waals surface area contributed by atoms with Gasteiger partial charge in [0.2, 0.25) is 0 Å². The fourth-order valence-corrected chi connectivity index (χ4v) is 4.29. The lowest BCUT2D eigenvalue weighted by Gasteiger charge is -2.37. The molecule has 1 N–H and O–H groups in total. The maximum atomic E-state index is 14.5. The highest BCUT2D eigenvalue weighted by Gasteiger charge is 2.39. The van der Waals surface area contributed by atoms with Gasteiger partial charge in [0.05, 0.1) is 11.7 Å². The third kappa shape index (κ3) is 2.91. The molecule has 0 amide bonds. The van der Waals surface area contributed by atoms with Crippen molar-refractivity contribution >= 4 is 21.6 Å². The molecule has 0 bridgehead atoms. The molecule has 4 rings (SSSR count). The molecule has 0 spiro atoms. The number of hydrogen-bond donors (Lipinski definition) is 1. The Kier molecular flexibility index (Phi) is 4.22. The van der Waals surface area contributed by atoms with Crippen LogP contribution in [-0.4, -0.2) is 6.61 Å². The number of hydrogen-bond acceptors (Lipinski definition) is 3. The molecule has 0 aromatic heterocycles. The maximum absolute atomic E-state index is 14.5. The first-order valence-electron chi connectivity index (χ1n) is 8.19. The van der Waals surface area contributed by atoms with Crippen molar-refractivity contribution in [2.45, 2.75) is 18.4 Å². The summed E-state index contributed by atoms with van der Waals surface area (Å²) in [5, 5.41) is 12.0. The minimum atomic E-state index is -0.234. The average Bonchev–Trinajstić information content (AvgIpc) is 3.10. The van der Waals surface area contributed by atoms with Crippen molar-refractivity contribution in [1.29, 1.82) is 5.26 Å². The monoisotopic (exact) mass is 398 g/mol. The van der Waals surface area contributed by atoms with E-state index in [1.54, 1.807) is 0 Å². The first kappa shape index (κ1) is 16.2. The van der Waals surface area contributed by atoms with Gasteiger partial charge in [0.15, 0.2) is 6.61 Å². The van der Waals surface area contributed by atoms with Gasteiger partial charge in [0.1, 0.15) is 17.6 Å². The molecule has 3 nitrogen and oxygen atoms in total. The van der Waals surface area contributed by atoms with Gasteiger partial charge < -0.3 is 10.1 Å². The van der Waals surface area contributed by atoms with Gasteiger partial charge in [-0.2, -0.15) is 5.26 Å². The topological polar surface area (TPSA) is 45.0 Å². The molecule has 25 heavy (non-hydrogen) atoms. The summed E-state index contributed by atoms with van der Waals surface area (Å²) in [6.45, 7) is 0.0309. The molecule has 0 fully saturated rings.